The Kier molecular flexibility index (Phi) is 2.98. The second kappa shape index (κ2) is 4.23. The fourth-order valence-electron chi connectivity index (χ4n) is 1.77. The van der Waals surface area contributed by atoms with Crippen LogP contribution in [0.3, 0.4) is 0 Å². The smallest absolute Gasteiger partial charge is 0.205 e. The number of nitrogens with one attached hydrogen (secondary N) is 2. The molecule has 2 unspecified atom stereocenters. The maximum atomic E-state index is 4.06. The first-order valence-corrected chi connectivity index (χ1v) is 5.84. The molecule has 1 fully saturated rings. The van der Waals surface area contributed by atoms with Gasteiger partial charge in [-0.05, 0) is 39.3 Å². The number of aryl methyl sites for hydroxylation is 1. The molecule has 2 heterocycles. The van der Waals surface area contributed by atoms with E-state index < -0.39 is 0 Å². The van der Waals surface area contributed by atoms with Gasteiger partial charge in [0.05, 0.1) is 0 Å². The molecule has 1 saturated heterocycles. The van der Waals surface area contributed by atoms with Crippen LogP contribution in [0.25, 0.3) is 0 Å². The summed E-state index contributed by atoms with van der Waals surface area (Å²) in [5, 5.41) is 16.8. The Balaban J connectivity index is 1.90. The van der Waals surface area contributed by atoms with Crippen LogP contribution >= 0.6 is 11.3 Å². The largest absolute Gasteiger partial charge is 0.357 e. The van der Waals surface area contributed by atoms with E-state index in [1.165, 1.54) is 6.42 Å². The van der Waals surface area contributed by atoms with Crippen LogP contribution in [0.4, 0.5) is 5.13 Å². The second-order valence-corrected chi connectivity index (χ2v) is 4.99. The Labute approximate surface area is 88.1 Å². The molecule has 1 aliphatic heterocycles. The monoisotopic (exact) mass is 212 g/mol. The van der Waals surface area contributed by atoms with Gasteiger partial charge in [0, 0.05) is 6.04 Å². The van der Waals surface area contributed by atoms with Crippen LogP contribution in [0.2, 0.25) is 0 Å². The molecule has 0 spiro atoms. The molecule has 0 bridgehead atoms. The van der Waals surface area contributed by atoms with Gasteiger partial charge in [0.15, 0.2) is 0 Å². The first kappa shape index (κ1) is 9.86. The maximum Gasteiger partial charge on any atom is 0.205 e. The third kappa shape index (κ3) is 2.22. The minimum atomic E-state index is 0.484. The van der Waals surface area contributed by atoms with E-state index in [1.54, 1.807) is 11.3 Å². The first-order chi connectivity index (χ1) is 6.75. The van der Waals surface area contributed by atoms with Crippen molar-refractivity contribution in [1.82, 2.24) is 15.5 Å². The normalized spacial score (nSPS) is 23.7. The van der Waals surface area contributed by atoms with Gasteiger partial charge in [0.25, 0.3) is 0 Å². The zero-order valence-electron chi connectivity index (χ0n) is 8.58. The quantitative estimate of drug-likeness (QED) is 0.792. The molecule has 0 amide bonds. The summed E-state index contributed by atoms with van der Waals surface area (Å²) in [7, 11) is 0. The van der Waals surface area contributed by atoms with Crippen LogP contribution < -0.4 is 10.6 Å². The summed E-state index contributed by atoms with van der Waals surface area (Å²) >= 11 is 1.62. The van der Waals surface area contributed by atoms with E-state index in [0.29, 0.717) is 6.04 Å². The van der Waals surface area contributed by atoms with Crippen molar-refractivity contribution in [1.29, 1.82) is 0 Å². The lowest BCUT2D eigenvalue weighted by Crippen LogP contribution is -2.27. The number of aromatic nitrogens is 2. The van der Waals surface area contributed by atoms with E-state index in [4.69, 9.17) is 0 Å². The number of hydrogen-bond acceptors (Lipinski definition) is 5. The van der Waals surface area contributed by atoms with Crippen LogP contribution in [-0.4, -0.2) is 29.3 Å². The molecule has 1 aliphatic rings. The number of hydrogen-bond donors (Lipinski definition) is 2. The van der Waals surface area contributed by atoms with Gasteiger partial charge in [-0.1, -0.05) is 11.3 Å². The minimum Gasteiger partial charge on any atom is -0.357 e. The molecule has 4 nitrogen and oxygen atoms in total. The van der Waals surface area contributed by atoms with E-state index >= 15 is 0 Å². The lowest BCUT2D eigenvalue weighted by atomic mass is 10.0. The number of nitrogens with zero attached hydrogens (tertiary/aromatic N) is 2. The summed E-state index contributed by atoms with van der Waals surface area (Å²) in [6, 6.07) is 0.484. The van der Waals surface area contributed by atoms with Gasteiger partial charge in [-0.3, -0.25) is 0 Å². The second-order valence-electron chi connectivity index (χ2n) is 3.81. The highest BCUT2D eigenvalue weighted by atomic mass is 32.1. The van der Waals surface area contributed by atoms with Gasteiger partial charge in [0.1, 0.15) is 5.01 Å². The van der Waals surface area contributed by atoms with Crippen molar-refractivity contribution in [3.63, 3.8) is 0 Å². The molecule has 14 heavy (non-hydrogen) atoms. The summed E-state index contributed by atoms with van der Waals surface area (Å²) in [5.41, 5.74) is 0. The Morgan fingerprint density at radius 1 is 1.57 bits per heavy atom. The predicted molar refractivity (Wildman–Crippen MR) is 58.7 cm³/mol. The predicted octanol–water partition coefficient (Wildman–Crippen LogP) is 1.26. The average Bonchev–Trinajstić information content (AvgIpc) is 2.75. The van der Waals surface area contributed by atoms with Crippen molar-refractivity contribution in [3.8, 4) is 0 Å². The molecule has 1 aromatic rings. The zero-order chi connectivity index (χ0) is 9.97. The molecule has 0 aliphatic carbocycles. The van der Waals surface area contributed by atoms with Crippen LogP contribution in [-0.2, 0) is 0 Å². The fraction of sp³-hybridized carbons (Fsp3) is 0.778. The van der Waals surface area contributed by atoms with E-state index in [9.17, 15) is 0 Å². The molecule has 0 aromatic carbocycles. The van der Waals surface area contributed by atoms with Crippen LogP contribution in [0.1, 0.15) is 18.4 Å². The maximum absolute atomic E-state index is 4.06. The van der Waals surface area contributed by atoms with E-state index in [2.05, 4.69) is 27.8 Å². The van der Waals surface area contributed by atoms with Crippen LogP contribution in [0.15, 0.2) is 0 Å². The summed E-state index contributed by atoms with van der Waals surface area (Å²) < 4.78 is 0. The van der Waals surface area contributed by atoms with Gasteiger partial charge < -0.3 is 10.6 Å². The molecule has 2 rings (SSSR count). The third-order valence-corrected chi connectivity index (χ3v) is 3.45. The van der Waals surface area contributed by atoms with Crippen molar-refractivity contribution in [2.45, 2.75) is 26.3 Å². The van der Waals surface area contributed by atoms with E-state index in [-0.39, 0.29) is 0 Å². The Morgan fingerprint density at radius 2 is 2.43 bits per heavy atom. The van der Waals surface area contributed by atoms with Crippen molar-refractivity contribution in [2.75, 3.05) is 18.4 Å². The fourth-order valence-corrected chi connectivity index (χ4v) is 2.46. The summed E-state index contributed by atoms with van der Waals surface area (Å²) in [6.45, 7) is 6.46. The molecule has 0 saturated carbocycles. The first-order valence-electron chi connectivity index (χ1n) is 5.03. The lowest BCUT2D eigenvalue weighted by Gasteiger charge is -2.18. The van der Waals surface area contributed by atoms with E-state index in [0.717, 1.165) is 29.1 Å². The number of anilines is 1. The highest BCUT2D eigenvalue weighted by Crippen LogP contribution is 2.20. The average molecular weight is 212 g/mol. The zero-order valence-corrected chi connectivity index (χ0v) is 9.40. The Bertz CT molecular complexity index is 293. The molecule has 5 heteroatoms. The van der Waals surface area contributed by atoms with Crippen molar-refractivity contribution >= 4 is 16.5 Å². The Morgan fingerprint density at radius 3 is 3.00 bits per heavy atom. The molecular weight excluding hydrogens is 196 g/mol. The van der Waals surface area contributed by atoms with Gasteiger partial charge >= 0.3 is 0 Å². The van der Waals surface area contributed by atoms with Gasteiger partial charge in [0.2, 0.25) is 5.13 Å². The molecular formula is C9H16N4S. The molecule has 78 valence electrons. The summed E-state index contributed by atoms with van der Waals surface area (Å²) in [4.78, 5) is 0. The number of rotatable bonds is 3. The highest BCUT2D eigenvalue weighted by Gasteiger charge is 2.21. The van der Waals surface area contributed by atoms with Crippen molar-refractivity contribution < 1.29 is 0 Å². The molecule has 2 N–H and O–H groups in total. The van der Waals surface area contributed by atoms with E-state index in [1.807, 2.05) is 6.92 Å². The lowest BCUT2D eigenvalue weighted by molar-refractivity contribution is 0.509. The van der Waals surface area contributed by atoms with Gasteiger partial charge in [-0.25, -0.2) is 0 Å². The molecule has 1 aromatic heterocycles. The Hall–Kier alpha value is -0.680. The summed E-state index contributed by atoms with van der Waals surface area (Å²) in [6.07, 6.45) is 1.26. The van der Waals surface area contributed by atoms with Crippen molar-refractivity contribution in [2.24, 2.45) is 5.92 Å². The van der Waals surface area contributed by atoms with Gasteiger partial charge in [-0.15, -0.1) is 10.2 Å². The van der Waals surface area contributed by atoms with Gasteiger partial charge in [-0.2, -0.15) is 0 Å². The SMILES string of the molecule is Cc1nnc(NC(C)C2CCNC2)s1. The highest BCUT2D eigenvalue weighted by molar-refractivity contribution is 7.15. The third-order valence-electron chi connectivity index (χ3n) is 2.68. The minimum absolute atomic E-state index is 0.484. The standard InChI is InChI=1S/C9H16N4S/c1-6(8-3-4-10-5-8)11-9-13-12-7(2)14-9/h6,8,10H,3-5H2,1-2H3,(H,11,13). The van der Waals surface area contributed by atoms with Crippen LogP contribution in [0.5, 0.6) is 0 Å². The summed E-state index contributed by atoms with van der Waals surface area (Å²) in [5.74, 6) is 0.721. The molecule has 0 radical (unpaired) electrons. The molecule has 2 atom stereocenters. The topological polar surface area (TPSA) is 49.8 Å². The van der Waals surface area contributed by atoms with Crippen molar-refractivity contribution in [3.05, 3.63) is 5.01 Å². The van der Waals surface area contributed by atoms with Crippen LogP contribution in [0, 0.1) is 12.8 Å².